The predicted octanol–water partition coefficient (Wildman–Crippen LogP) is 3.50. The van der Waals surface area contributed by atoms with Gasteiger partial charge in [0.2, 0.25) is 11.9 Å². The van der Waals surface area contributed by atoms with Gasteiger partial charge in [0.05, 0.1) is 17.6 Å². The van der Waals surface area contributed by atoms with Gasteiger partial charge in [0.15, 0.2) is 0 Å². The maximum Gasteiger partial charge on any atom is 0.254 e. The van der Waals surface area contributed by atoms with E-state index in [0.717, 1.165) is 22.3 Å². The number of imidazole rings is 1. The van der Waals surface area contributed by atoms with Gasteiger partial charge in [-0.1, -0.05) is 42.5 Å². The summed E-state index contributed by atoms with van der Waals surface area (Å²) in [7, 11) is 1.60. The van der Waals surface area contributed by atoms with Crippen molar-refractivity contribution in [2.24, 2.45) is 0 Å². The molecule has 4 aromatic rings. The molecule has 1 heterocycles. The van der Waals surface area contributed by atoms with Gasteiger partial charge in [-0.05, 0) is 42.0 Å². The predicted molar refractivity (Wildman–Crippen MR) is 120 cm³/mol. The quantitative estimate of drug-likeness (QED) is 0.433. The average molecular weight is 412 g/mol. The molecule has 0 atom stereocenters. The number of anilines is 2. The molecular weight excluding hydrogens is 390 g/mol. The van der Waals surface area contributed by atoms with Crippen LogP contribution in [0.5, 0.6) is 0 Å². The van der Waals surface area contributed by atoms with Gasteiger partial charge in [-0.3, -0.25) is 9.59 Å². The van der Waals surface area contributed by atoms with Crippen LogP contribution in [0.15, 0.2) is 72.8 Å². The highest BCUT2D eigenvalue weighted by atomic mass is 16.2. The minimum Gasteiger partial charge on any atom is -0.350 e. The summed E-state index contributed by atoms with van der Waals surface area (Å²) in [5.41, 5.74) is 4.15. The zero-order valence-electron chi connectivity index (χ0n) is 17.1. The van der Waals surface area contributed by atoms with Crippen LogP contribution in [0.2, 0.25) is 0 Å². The minimum absolute atomic E-state index is 0.0206. The Morgan fingerprint density at radius 3 is 2.55 bits per heavy atom. The molecule has 2 amide bonds. The van der Waals surface area contributed by atoms with E-state index in [2.05, 4.69) is 26.7 Å². The van der Waals surface area contributed by atoms with Crippen molar-refractivity contribution in [3.63, 3.8) is 0 Å². The Morgan fingerprint density at radius 2 is 1.81 bits per heavy atom. The number of hydrogen-bond acceptors (Lipinski definition) is 4. The highest BCUT2D eigenvalue weighted by molar-refractivity contribution is 5.96. The maximum absolute atomic E-state index is 12.3. The van der Waals surface area contributed by atoms with Crippen molar-refractivity contribution in [3.05, 3.63) is 90.0 Å². The van der Waals surface area contributed by atoms with Crippen LogP contribution in [0, 0.1) is 6.07 Å². The smallest absolute Gasteiger partial charge is 0.254 e. The van der Waals surface area contributed by atoms with Crippen LogP contribution >= 0.6 is 0 Å². The lowest BCUT2D eigenvalue weighted by atomic mass is 10.2. The molecule has 155 valence electrons. The van der Waals surface area contributed by atoms with Crippen LogP contribution in [0.3, 0.4) is 0 Å². The third-order valence-electron chi connectivity index (χ3n) is 4.76. The van der Waals surface area contributed by atoms with Crippen molar-refractivity contribution in [3.8, 4) is 0 Å². The van der Waals surface area contributed by atoms with E-state index in [1.54, 1.807) is 31.3 Å². The second kappa shape index (κ2) is 9.13. The number of aromatic nitrogens is 2. The lowest BCUT2D eigenvalue weighted by Gasteiger charge is -2.16. The molecule has 0 aliphatic carbocycles. The fourth-order valence-electron chi connectivity index (χ4n) is 3.13. The number of benzene rings is 3. The van der Waals surface area contributed by atoms with Crippen LogP contribution in [0.4, 0.5) is 11.6 Å². The van der Waals surface area contributed by atoms with E-state index >= 15 is 0 Å². The number of nitrogens with zero attached hydrogens (tertiary/aromatic N) is 2. The van der Waals surface area contributed by atoms with Crippen LogP contribution in [-0.4, -0.2) is 40.3 Å². The van der Waals surface area contributed by atoms with Crippen molar-refractivity contribution in [1.82, 2.24) is 20.2 Å². The molecule has 0 unspecified atom stereocenters. The highest BCUT2D eigenvalue weighted by Crippen LogP contribution is 2.18. The number of hydrogen-bond donors (Lipinski definition) is 3. The van der Waals surface area contributed by atoms with Crippen molar-refractivity contribution < 1.29 is 9.59 Å². The molecule has 0 spiro atoms. The molecule has 0 fully saturated rings. The fourth-order valence-corrected chi connectivity index (χ4v) is 3.13. The van der Waals surface area contributed by atoms with Crippen LogP contribution in [-0.2, 0) is 11.3 Å². The lowest BCUT2D eigenvalue weighted by Crippen LogP contribution is -2.38. The van der Waals surface area contributed by atoms with Gasteiger partial charge in [0.1, 0.15) is 0 Å². The molecule has 0 aliphatic rings. The van der Waals surface area contributed by atoms with Crippen molar-refractivity contribution in [1.29, 1.82) is 0 Å². The standard InChI is InChI=1S/C24H22N5O2/c1-29(23(31)18-7-3-2-4-8-18)16-22(30)25-15-17-11-13-19(14-12-17)26-24-27-20-9-5-6-10-21(20)28-24/h2-7,9-14H,15-16H2,1H3,(H,25,30)(H2,26,27,28). The van der Waals surface area contributed by atoms with Gasteiger partial charge in [0.25, 0.3) is 5.91 Å². The topological polar surface area (TPSA) is 90.1 Å². The van der Waals surface area contributed by atoms with Gasteiger partial charge in [-0.2, -0.15) is 0 Å². The second-order valence-electron chi connectivity index (χ2n) is 7.14. The lowest BCUT2D eigenvalue weighted by molar-refractivity contribution is -0.121. The molecule has 4 rings (SSSR count). The van der Waals surface area contributed by atoms with E-state index in [1.165, 1.54) is 4.90 Å². The first-order valence-corrected chi connectivity index (χ1v) is 9.88. The van der Waals surface area contributed by atoms with E-state index in [-0.39, 0.29) is 18.4 Å². The Bertz CT molecular complexity index is 1150. The number of fused-ring (bicyclic) bond motifs is 1. The van der Waals surface area contributed by atoms with Gasteiger partial charge in [-0.15, -0.1) is 0 Å². The van der Waals surface area contributed by atoms with Crippen molar-refractivity contribution >= 4 is 34.5 Å². The Balaban J connectivity index is 1.27. The number of H-pyrrole nitrogens is 1. The summed E-state index contributed by atoms with van der Waals surface area (Å²) < 4.78 is 0. The van der Waals surface area contributed by atoms with Gasteiger partial charge >= 0.3 is 0 Å². The zero-order valence-corrected chi connectivity index (χ0v) is 17.1. The summed E-state index contributed by atoms with van der Waals surface area (Å²) >= 11 is 0. The normalized spacial score (nSPS) is 10.6. The SMILES string of the molecule is CN(CC(=O)NCc1ccc(Nc2nc3ccccc3[nH]2)cc1)C(=O)c1[c]cccc1. The van der Waals surface area contributed by atoms with Crippen LogP contribution < -0.4 is 10.6 Å². The van der Waals surface area contributed by atoms with E-state index in [9.17, 15) is 9.59 Å². The van der Waals surface area contributed by atoms with Gasteiger partial charge in [0, 0.05) is 24.8 Å². The van der Waals surface area contributed by atoms with Gasteiger partial charge in [-0.25, -0.2) is 4.98 Å². The second-order valence-corrected chi connectivity index (χ2v) is 7.14. The minimum atomic E-state index is -0.239. The number of amides is 2. The first kappa shape index (κ1) is 20.2. The number of aromatic amines is 1. The summed E-state index contributed by atoms with van der Waals surface area (Å²) in [6.07, 6.45) is 0. The van der Waals surface area contributed by atoms with Crippen molar-refractivity contribution in [2.45, 2.75) is 6.54 Å². The fraction of sp³-hybridized carbons (Fsp3) is 0.125. The summed E-state index contributed by atoms with van der Waals surface area (Å²) in [6, 6.07) is 25.3. The molecular formula is C24H22N5O2. The van der Waals surface area contributed by atoms with Crippen molar-refractivity contribution in [2.75, 3.05) is 18.9 Å². The van der Waals surface area contributed by atoms with E-state index in [0.29, 0.717) is 18.1 Å². The molecule has 0 bridgehead atoms. The molecule has 7 nitrogen and oxygen atoms in total. The largest absolute Gasteiger partial charge is 0.350 e. The van der Waals surface area contributed by atoms with E-state index in [4.69, 9.17) is 0 Å². The molecule has 0 aliphatic heterocycles. The number of para-hydroxylation sites is 2. The molecule has 31 heavy (non-hydrogen) atoms. The summed E-state index contributed by atoms with van der Waals surface area (Å²) in [6.45, 7) is 0.358. The summed E-state index contributed by atoms with van der Waals surface area (Å²) in [5, 5.41) is 6.08. The summed E-state index contributed by atoms with van der Waals surface area (Å²) in [4.78, 5) is 33.6. The number of likely N-dealkylation sites (N-methyl/N-ethyl adjacent to an activating group) is 1. The Morgan fingerprint density at radius 1 is 1.03 bits per heavy atom. The van der Waals surface area contributed by atoms with Crippen LogP contribution in [0.25, 0.3) is 11.0 Å². The monoisotopic (exact) mass is 412 g/mol. The molecule has 0 saturated heterocycles. The van der Waals surface area contributed by atoms with Crippen LogP contribution in [0.1, 0.15) is 15.9 Å². The number of nitrogens with one attached hydrogen (secondary N) is 3. The average Bonchev–Trinajstić information content (AvgIpc) is 3.21. The number of rotatable bonds is 7. The van der Waals surface area contributed by atoms with Gasteiger partial charge < -0.3 is 20.5 Å². The molecule has 0 saturated carbocycles. The molecule has 3 aromatic carbocycles. The summed E-state index contributed by atoms with van der Waals surface area (Å²) in [5.74, 6) is 0.207. The number of carbonyl (C=O) groups excluding carboxylic acids is 2. The Labute approximate surface area is 180 Å². The number of carbonyl (C=O) groups is 2. The molecule has 1 radical (unpaired) electrons. The molecule has 7 heteroatoms. The third kappa shape index (κ3) is 5.08. The maximum atomic E-state index is 12.3. The van der Waals surface area contributed by atoms with E-state index < -0.39 is 0 Å². The molecule has 1 aromatic heterocycles. The third-order valence-corrected chi connectivity index (χ3v) is 4.76. The Hall–Kier alpha value is -4.13. The van der Waals surface area contributed by atoms with E-state index in [1.807, 2.05) is 48.5 Å². The highest BCUT2D eigenvalue weighted by Gasteiger charge is 2.14. The first-order valence-electron chi connectivity index (χ1n) is 9.88. The zero-order chi connectivity index (χ0) is 21.6. The molecule has 3 N–H and O–H groups in total. The Kier molecular flexibility index (Phi) is 5.93. The first-order chi connectivity index (χ1) is 15.1.